The summed E-state index contributed by atoms with van der Waals surface area (Å²) in [6.07, 6.45) is 0. The van der Waals surface area contributed by atoms with Crippen molar-refractivity contribution in [3.8, 4) is 0 Å². The monoisotopic (exact) mass is 317 g/mol. The quantitative estimate of drug-likeness (QED) is 0.642. The van der Waals surface area contributed by atoms with E-state index < -0.39 is 5.97 Å². The predicted octanol–water partition coefficient (Wildman–Crippen LogP) is 1.96. The number of rotatable bonds is 3. The number of hydrogen-bond donors (Lipinski definition) is 3. The van der Waals surface area contributed by atoms with Gasteiger partial charge in [0.15, 0.2) is 0 Å². The average molecular weight is 317 g/mol. The molecule has 0 saturated heterocycles. The second-order valence-corrected chi connectivity index (χ2v) is 5.53. The van der Waals surface area contributed by atoms with Gasteiger partial charge in [-0.05, 0) is 30.3 Å². The lowest BCUT2D eigenvalue weighted by Gasteiger charge is -2.03. The van der Waals surface area contributed by atoms with E-state index in [0.29, 0.717) is 26.5 Å². The molecule has 22 heavy (non-hydrogen) atoms. The Morgan fingerprint density at radius 2 is 1.82 bits per heavy atom. The van der Waals surface area contributed by atoms with E-state index in [9.17, 15) is 14.4 Å². The molecule has 0 saturated carbocycles. The highest BCUT2D eigenvalue weighted by Gasteiger charge is 2.14. The molecule has 7 nitrogen and oxygen atoms in total. The van der Waals surface area contributed by atoms with Crippen molar-refractivity contribution in [1.82, 2.24) is 9.97 Å². The van der Waals surface area contributed by atoms with Gasteiger partial charge in [0.25, 0.3) is 5.91 Å². The summed E-state index contributed by atoms with van der Waals surface area (Å²) >= 11 is 1.05. The van der Waals surface area contributed by atoms with Gasteiger partial charge in [0.1, 0.15) is 4.88 Å². The van der Waals surface area contributed by atoms with Crippen LogP contribution in [0.4, 0.5) is 5.69 Å². The van der Waals surface area contributed by atoms with Crippen molar-refractivity contribution in [3.05, 3.63) is 50.6 Å². The van der Waals surface area contributed by atoms with Crippen LogP contribution in [0.15, 0.2) is 35.1 Å². The minimum absolute atomic E-state index is 0.306. The summed E-state index contributed by atoms with van der Waals surface area (Å²) in [6, 6.07) is 8.12. The average Bonchev–Trinajstić information content (AvgIpc) is 3.11. The maximum atomic E-state index is 12.1. The van der Waals surface area contributed by atoms with Crippen LogP contribution in [0.2, 0.25) is 0 Å². The summed E-state index contributed by atoms with van der Waals surface area (Å²) < 4.78 is 4.60. The lowest BCUT2D eigenvalue weighted by Crippen LogP contribution is -2.10. The summed E-state index contributed by atoms with van der Waals surface area (Å²) in [7, 11) is 1.29. The van der Waals surface area contributed by atoms with Gasteiger partial charge in [-0.1, -0.05) is 0 Å². The van der Waals surface area contributed by atoms with E-state index in [-0.39, 0.29) is 11.6 Å². The van der Waals surface area contributed by atoms with Crippen molar-refractivity contribution in [2.45, 2.75) is 0 Å². The number of thiophene rings is 1. The SMILES string of the molecule is COC(=O)c1ccc(C(=O)Nc2ccc3[nH]c(=O)[nH]c3c2)s1. The molecule has 0 aliphatic rings. The Labute approximate surface area is 127 Å². The highest BCUT2D eigenvalue weighted by atomic mass is 32.1. The number of ether oxygens (including phenoxy) is 1. The fourth-order valence-electron chi connectivity index (χ4n) is 1.97. The smallest absolute Gasteiger partial charge is 0.348 e. The summed E-state index contributed by atoms with van der Waals surface area (Å²) in [4.78, 5) is 40.7. The number of imidazole rings is 1. The molecule has 0 atom stereocenters. The number of aromatic amines is 2. The number of carbonyl (C=O) groups excluding carboxylic acids is 2. The molecule has 2 heterocycles. The van der Waals surface area contributed by atoms with Crippen molar-refractivity contribution < 1.29 is 14.3 Å². The molecule has 0 spiro atoms. The molecule has 0 aliphatic carbocycles. The Bertz CT molecular complexity index is 921. The molecule has 0 fully saturated rings. The number of H-pyrrole nitrogens is 2. The number of hydrogen-bond acceptors (Lipinski definition) is 5. The summed E-state index contributed by atoms with van der Waals surface area (Å²) in [5.74, 6) is -0.812. The number of aromatic nitrogens is 2. The van der Waals surface area contributed by atoms with E-state index in [2.05, 4.69) is 20.0 Å². The zero-order valence-electron chi connectivity index (χ0n) is 11.4. The number of fused-ring (bicyclic) bond motifs is 1. The molecule has 0 radical (unpaired) electrons. The number of benzene rings is 1. The third kappa shape index (κ3) is 2.63. The van der Waals surface area contributed by atoms with Crippen molar-refractivity contribution >= 4 is 39.9 Å². The molecular weight excluding hydrogens is 306 g/mol. The van der Waals surface area contributed by atoms with Crippen LogP contribution in [0.5, 0.6) is 0 Å². The molecule has 2 aromatic heterocycles. The molecule has 3 rings (SSSR count). The maximum absolute atomic E-state index is 12.1. The lowest BCUT2D eigenvalue weighted by atomic mass is 10.2. The standard InChI is InChI=1S/C14H11N3O4S/c1-21-13(19)11-5-4-10(22-11)12(18)15-7-2-3-8-9(6-7)17-14(20)16-8/h2-6H,1H3,(H,15,18)(H2,16,17,20). The molecule has 3 aromatic rings. The molecule has 8 heteroatoms. The number of anilines is 1. The molecule has 112 valence electrons. The van der Waals surface area contributed by atoms with Crippen LogP contribution in [0.1, 0.15) is 19.3 Å². The van der Waals surface area contributed by atoms with E-state index in [4.69, 9.17) is 0 Å². The largest absolute Gasteiger partial charge is 0.465 e. The Hall–Kier alpha value is -2.87. The molecule has 0 bridgehead atoms. The highest BCUT2D eigenvalue weighted by molar-refractivity contribution is 7.16. The summed E-state index contributed by atoms with van der Waals surface area (Å²) in [6.45, 7) is 0. The first-order valence-corrected chi connectivity index (χ1v) is 7.10. The number of esters is 1. The van der Waals surface area contributed by atoms with E-state index >= 15 is 0 Å². The van der Waals surface area contributed by atoms with Crippen LogP contribution >= 0.6 is 11.3 Å². The fourth-order valence-corrected chi connectivity index (χ4v) is 2.79. The van der Waals surface area contributed by atoms with Crippen LogP contribution in [0.3, 0.4) is 0 Å². The zero-order chi connectivity index (χ0) is 15.7. The van der Waals surface area contributed by atoms with Gasteiger partial charge in [-0.3, -0.25) is 4.79 Å². The summed E-state index contributed by atoms with van der Waals surface area (Å²) in [5.41, 5.74) is 1.50. The van der Waals surface area contributed by atoms with Crippen LogP contribution in [-0.4, -0.2) is 29.0 Å². The first-order valence-electron chi connectivity index (χ1n) is 6.28. The normalized spacial score (nSPS) is 10.6. The number of amides is 1. The topological polar surface area (TPSA) is 104 Å². The van der Waals surface area contributed by atoms with Gasteiger partial charge in [-0.25, -0.2) is 9.59 Å². The first-order chi connectivity index (χ1) is 10.6. The van der Waals surface area contributed by atoms with E-state index in [1.54, 1.807) is 24.3 Å². The van der Waals surface area contributed by atoms with Gasteiger partial charge in [0.05, 0.1) is 23.0 Å². The van der Waals surface area contributed by atoms with E-state index in [0.717, 1.165) is 11.3 Å². The second-order valence-electron chi connectivity index (χ2n) is 4.45. The number of methoxy groups -OCH3 is 1. The van der Waals surface area contributed by atoms with Gasteiger partial charge >= 0.3 is 11.7 Å². The van der Waals surface area contributed by atoms with Gasteiger partial charge in [0, 0.05) is 5.69 Å². The van der Waals surface area contributed by atoms with Crippen LogP contribution in [-0.2, 0) is 4.74 Å². The van der Waals surface area contributed by atoms with Crippen LogP contribution in [0, 0.1) is 0 Å². The van der Waals surface area contributed by atoms with E-state index in [1.165, 1.54) is 13.2 Å². The third-order valence-electron chi connectivity index (χ3n) is 2.99. The minimum Gasteiger partial charge on any atom is -0.465 e. The first kappa shape index (κ1) is 14.1. The van der Waals surface area contributed by atoms with Crippen molar-refractivity contribution in [2.75, 3.05) is 12.4 Å². The second kappa shape index (κ2) is 5.49. The Balaban J connectivity index is 1.81. The highest BCUT2D eigenvalue weighted by Crippen LogP contribution is 2.20. The van der Waals surface area contributed by atoms with Crippen molar-refractivity contribution in [3.63, 3.8) is 0 Å². The molecular formula is C14H11N3O4S. The molecule has 0 unspecified atom stereocenters. The molecule has 3 N–H and O–H groups in total. The van der Waals surface area contributed by atoms with Crippen LogP contribution < -0.4 is 11.0 Å². The van der Waals surface area contributed by atoms with Gasteiger partial charge in [0.2, 0.25) is 0 Å². The number of carbonyl (C=O) groups is 2. The third-order valence-corrected chi connectivity index (χ3v) is 4.05. The predicted molar refractivity (Wildman–Crippen MR) is 82.5 cm³/mol. The van der Waals surface area contributed by atoms with Gasteiger partial charge in [-0.15, -0.1) is 11.3 Å². The Morgan fingerprint density at radius 3 is 2.59 bits per heavy atom. The zero-order valence-corrected chi connectivity index (χ0v) is 12.2. The van der Waals surface area contributed by atoms with Crippen LogP contribution in [0.25, 0.3) is 11.0 Å². The van der Waals surface area contributed by atoms with Crippen molar-refractivity contribution in [1.29, 1.82) is 0 Å². The van der Waals surface area contributed by atoms with E-state index in [1.807, 2.05) is 0 Å². The molecule has 1 amide bonds. The fraction of sp³-hybridized carbons (Fsp3) is 0.0714. The minimum atomic E-state index is -0.477. The summed E-state index contributed by atoms with van der Waals surface area (Å²) in [5, 5.41) is 2.71. The Kier molecular flexibility index (Phi) is 3.51. The van der Waals surface area contributed by atoms with Gasteiger partial charge < -0.3 is 20.0 Å². The maximum Gasteiger partial charge on any atom is 0.348 e. The van der Waals surface area contributed by atoms with Gasteiger partial charge in [-0.2, -0.15) is 0 Å². The lowest BCUT2D eigenvalue weighted by molar-refractivity contribution is 0.0606. The molecule has 1 aromatic carbocycles. The molecule has 0 aliphatic heterocycles. The van der Waals surface area contributed by atoms with Crippen molar-refractivity contribution in [2.24, 2.45) is 0 Å². The Morgan fingerprint density at radius 1 is 1.09 bits per heavy atom. The number of nitrogens with one attached hydrogen (secondary N) is 3.